The van der Waals surface area contributed by atoms with Crippen LogP contribution in [0.15, 0.2) is 0 Å². The highest BCUT2D eigenvalue weighted by Gasteiger charge is 2.28. The summed E-state index contributed by atoms with van der Waals surface area (Å²) in [5.41, 5.74) is 0. The van der Waals surface area contributed by atoms with Crippen molar-refractivity contribution in [1.29, 1.82) is 0 Å². The number of carbonyl (C=O) groups is 2. The fourth-order valence-corrected chi connectivity index (χ4v) is 2.62. The Balaban J connectivity index is 2.53. The number of nitrogens with zero attached hydrogens (tertiary/aromatic N) is 1. The molecule has 0 aromatic heterocycles. The van der Waals surface area contributed by atoms with Gasteiger partial charge < -0.3 is 15.3 Å². The molecule has 2 N–H and O–H groups in total. The molecule has 1 aliphatic carbocycles. The van der Waals surface area contributed by atoms with Gasteiger partial charge in [0.1, 0.15) is 0 Å². The van der Waals surface area contributed by atoms with Crippen LogP contribution in [0, 0.1) is 5.92 Å². The molecule has 18 heavy (non-hydrogen) atoms. The first-order valence-electron chi connectivity index (χ1n) is 6.74. The van der Waals surface area contributed by atoms with Crippen molar-refractivity contribution in [3.63, 3.8) is 0 Å². The zero-order chi connectivity index (χ0) is 13.7. The molecule has 104 valence electrons. The molecule has 1 fully saturated rings. The normalized spacial score (nSPS) is 24.6. The van der Waals surface area contributed by atoms with Gasteiger partial charge in [0.15, 0.2) is 0 Å². The standard InChI is InChI=1S/C13H24N2O3/c1-4-15(10(3)8-12(16)17)13(18)14-11-7-5-6-9(11)2/h9-11H,4-8H2,1-3H3,(H,14,18)(H,16,17). The number of urea groups is 1. The number of hydrogen-bond donors (Lipinski definition) is 2. The molecule has 1 saturated carbocycles. The lowest BCUT2D eigenvalue weighted by molar-refractivity contribution is -0.138. The quantitative estimate of drug-likeness (QED) is 0.791. The van der Waals surface area contributed by atoms with Crippen LogP contribution < -0.4 is 5.32 Å². The summed E-state index contributed by atoms with van der Waals surface area (Å²) in [7, 11) is 0. The van der Waals surface area contributed by atoms with Gasteiger partial charge in [-0.3, -0.25) is 4.79 Å². The molecule has 3 unspecified atom stereocenters. The Kier molecular flexibility index (Phi) is 5.44. The lowest BCUT2D eigenvalue weighted by Gasteiger charge is -2.29. The second-order valence-corrected chi connectivity index (χ2v) is 5.20. The van der Waals surface area contributed by atoms with Crippen LogP contribution in [0.3, 0.4) is 0 Å². The Bertz CT molecular complexity index is 307. The van der Waals surface area contributed by atoms with Crippen molar-refractivity contribution in [3.8, 4) is 0 Å². The topological polar surface area (TPSA) is 69.6 Å². The van der Waals surface area contributed by atoms with E-state index in [1.165, 1.54) is 0 Å². The van der Waals surface area contributed by atoms with Crippen LogP contribution in [0.1, 0.15) is 46.5 Å². The SMILES string of the molecule is CCN(C(=O)NC1CCCC1C)C(C)CC(=O)O. The molecule has 1 aliphatic rings. The third-order valence-corrected chi connectivity index (χ3v) is 3.77. The molecule has 1 rings (SSSR count). The molecule has 5 heteroatoms. The fourth-order valence-electron chi connectivity index (χ4n) is 2.62. The first-order valence-corrected chi connectivity index (χ1v) is 6.74. The molecule has 3 atom stereocenters. The highest BCUT2D eigenvalue weighted by atomic mass is 16.4. The summed E-state index contributed by atoms with van der Waals surface area (Å²) in [6.07, 6.45) is 3.32. The molecule has 2 amide bonds. The predicted molar refractivity (Wildman–Crippen MR) is 69.4 cm³/mol. The lowest BCUT2D eigenvalue weighted by Crippen LogP contribution is -2.49. The maximum absolute atomic E-state index is 12.1. The van der Waals surface area contributed by atoms with E-state index in [9.17, 15) is 9.59 Å². The summed E-state index contributed by atoms with van der Waals surface area (Å²) in [6.45, 7) is 6.32. The average molecular weight is 256 g/mol. The monoisotopic (exact) mass is 256 g/mol. The molecule has 0 aliphatic heterocycles. The van der Waals surface area contributed by atoms with E-state index >= 15 is 0 Å². The van der Waals surface area contributed by atoms with Crippen LogP contribution in [0.25, 0.3) is 0 Å². The van der Waals surface area contributed by atoms with Crippen LogP contribution in [-0.2, 0) is 4.79 Å². The Morgan fingerprint density at radius 1 is 1.44 bits per heavy atom. The third-order valence-electron chi connectivity index (χ3n) is 3.77. The van der Waals surface area contributed by atoms with Gasteiger partial charge in [-0.15, -0.1) is 0 Å². The minimum absolute atomic E-state index is 0.0124. The Morgan fingerprint density at radius 2 is 2.11 bits per heavy atom. The van der Waals surface area contributed by atoms with Crippen LogP contribution in [-0.4, -0.2) is 40.6 Å². The van der Waals surface area contributed by atoms with Crippen LogP contribution >= 0.6 is 0 Å². The minimum atomic E-state index is -0.872. The molecular weight excluding hydrogens is 232 g/mol. The van der Waals surface area contributed by atoms with Crippen molar-refractivity contribution >= 4 is 12.0 Å². The van der Waals surface area contributed by atoms with Gasteiger partial charge >= 0.3 is 12.0 Å². The van der Waals surface area contributed by atoms with Crippen molar-refractivity contribution in [3.05, 3.63) is 0 Å². The van der Waals surface area contributed by atoms with Gasteiger partial charge in [0, 0.05) is 18.6 Å². The van der Waals surface area contributed by atoms with Crippen LogP contribution in [0.4, 0.5) is 4.79 Å². The highest BCUT2D eigenvalue weighted by Crippen LogP contribution is 2.25. The number of aliphatic carboxylic acids is 1. The van der Waals surface area contributed by atoms with Crippen molar-refractivity contribution in [2.75, 3.05) is 6.54 Å². The molecule has 0 aromatic carbocycles. The van der Waals surface area contributed by atoms with Crippen molar-refractivity contribution in [2.45, 2.75) is 58.5 Å². The average Bonchev–Trinajstić information content (AvgIpc) is 2.64. The van der Waals surface area contributed by atoms with E-state index in [0.717, 1.165) is 19.3 Å². The molecule has 0 spiro atoms. The van der Waals surface area contributed by atoms with Gasteiger partial charge in [-0.25, -0.2) is 4.79 Å². The third kappa shape index (κ3) is 3.89. The Labute approximate surface area is 109 Å². The van der Waals surface area contributed by atoms with Gasteiger partial charge in [0.2, 0.25) is 0 Å². The number of carbonyl (C=O) groups excluding carboxylic acids is 1. The predicted octanol–water partition coefficient (Wildman–Crippen LogP) is 2.07. The summed E-state index contributed by atoms with van der Waals surface area (Å²) < 4.78 is 0. The summed E-state index contributed by atoms with van der Waals surface area (Å²) >= 11 is 0. The largest absolute Gasteiger partial charge is 0.481 e. The van der Waals surface area contributed by atoms with E-state index < -0.39 is 5.97 Å². The number of carboxylic acid groups (broad SMARTS) is 1. The summed E-state index contributed by atoms with van der Waals surface area (Å²) in [5.74, 6) is -0.356. The van der Waals surface area contributed by atoms with Crippen LogP contribution in [0.5, 0.6) is 0 Å². The fraction of sp³-hybridized carbons (Fsp3) is 0.846. The zero-order valence-electron chi connectivity index (χ0n) is 11.5. The minimum Gasteiger partial charge on any atom is -0.481 e. The van der Waals surface area contributed by atoms with Gasteiger partial charge in [-0.2, -0.15) is 0 Å². The molecule has 0 heterocycles. The Hall–Kier alpha value is -1.26. The van der Waals surface area contributed by atoms with E-state index in [4.69, 9.17) is 5.11 Å². The van der Waals surface area contributed by atoms with Gasteiger partial charge in [0.05, 0.1) is 6.42 Å². The number of amides is 2. The van der Waals surface area contributed by atoms with E-state index in [1.807, 2.05) is 6.92 Å². The van der Waals surface area contributed by atoms with Crippen LogP contribution in [0.2, 0.25) is 0 Å². The lowest BCUT2D eigenvalue weighted by atomic mass is 10.1. The first-order chi connectivity index (χ1) is 8.45. The molecule has 0 saturated heterocycles. The molecule has 0 bridgehead atoms. The summed E-state index contributed by atoms with van der Waals surface area (Å²) in [5, 5.41) is 11.8. The summed E-state index contributed by atoms with van der Waals surface area (Å²) in [4.78, 5) is 24.4. The molecule has 5 nitrogen and oxygen atoms in total. The maximum atomic E-state index is 12.1. The second kappa shape index (κ2) is 6.61. The first kappa shape index (κ1) is 14.8. The highest BCUT2D eigenvalue weighted by molar-refractivity contribution is 5.76. The second-order valence-electron chi connectivity index (χ2n) is 5.20. The van der Waals surface area contributed by atoms with E-state index in [1.54, 1.807) is 11.8 Å². The Morgan fingerprint density at radius 3 is 2.56 bits per heavy atom. The van der Waals surface area contributed by atoms with Gasteiger partial charge in [-0.05, 0) is 32.6 Å². The molecular formula is C13H24N2O3. The van der Waals surface area contributed by atoms with Crippen molar-refractivity contribution in [1.82, 2.24) is 10.2 Å². The number of nitrogens with one attached hydrogen (secondary N) is 1. The zero-order valence-corrected chi connectivity index (χ0v) is 11.5. The molecule has 0 aromatic rings. The van der Waals surface area contributed by atoms with Crippen molar-refractivity contribution in [2.24, 2.45) is 5.92 Å². The maximum Gasteiger partial charge on any atom is 0.317 e. The van der Waals surface area contributed by atoms with Gasteiger partial charge in [0.25, 0.3) is 0 Å². The number of carboxylic acids is 1. The number of rotatable bonds is 5. The van der Waals surface area contributed by atoms with Crippen molar-refractivity contribution < 1.29 is 14.7 Å². The van der Waals surface area contributed by atoms with E-state index in [2.05, 4.69) is 12.2 Å². The smallest absolute Gasteiger partial charge is 0.317 e. The molecule has 0 radical (unpaired) electrons. The summed E-state index contributed by atoms with van der Waals surface area (Å²) in [6, 6.07) is -0.169. The van der Waals surface area contributed by atoms with E-state index in [-0.39, 0.29) is 24.5 Å². The van der Waals surface area contributed by atoms with Gasteiger partial charge in [-0.1, -0.05) is 13.3 Å². The number of hydrogen-bond acceptors (Lipinski definition) is 2. The van der Waals surface area contributed by atoms with E-state index in [0.29, 0.717) is 12.5 Å².